The average Bonchev–Trinajstić information content (AvgIpc) is 2.78. The van der Waals surface area contributed by atoms with Crippen molar-refractivity contribution in [2.45, 2.75) is 52.9 Å². The van der Waals surface area contributed by atoms with E-state index in [9.17, 15) is 9.59 Å². The van der Waals surface area contributed by atoms with Crippen molar-refractivity contribution in [2.75, 3.05) is 26.2 Å². The summed E-state index contributed by atoms with van der Waals surface area (Å²) >= 11 is 0. The summed E-state index contributed by atoms with van der Waals surface area (Å²) < 4.78 is 16.6. The van der Waals surface area contributed by atoms with E-state index in [-0.39, 0.29) is 29.4 Å². The van der Waals surface area contributed by atoms with Crippen LogP contribution in [0, 0.1) is 19.3 Å². The minimum absolute atomic E-state index is 0.0220. The van der Waals surface area contributed by atoms with Crippen LogP contribution in [0.25, 0.3) is 0 Å². The number of ether oxygens (including phenoxy) is 3. The van der Waals surface area contributed by atoms with Gasteiger partial charge < -0.3 is 14.2 Å². The lowest BCUT2D eigenvalue weighted by atomic mass is 9.69. The minimum Gasteiger partial charge on any atom is -0.493 e. The molecular weight excluding hydrogens is 430 g/mol. The molecule has 0 bridgehead atoms. The van der Waals surface area contributed by atoms with Gasteiger partial charge in [0.05, 0.1) is 21.3 Å². The van der Waals surface area contributed by atoms with Gasteiger partial charge in [-0.25, -0.2) is 0 Å². The highest BCUT2D eigenvalue weighted by molar-refractivity contribution is 6.08. The molecule has 0 saturated heterocycles. The smallest absolute Gasteiger partial charge is 0.232 e. The number of allylic oxidation sites excluding steroid dienone is 2. The monoisotopic (exact) mass is 463 g/mol. The number of hydrogen-bond acceptors (Lipinski definition) is 5. The number of amides is 1. The highest BCUT2D eigenvalue weighted by Crippen LogP contribution is 2.50. The van der Waals surface area contributed by atoms with E-state index >= 15 is 0 Å². The Labute approximate surface area is 201 Å². The second-order valence-corrected chi connectivity index (χ2v) is 10.0. The Morgan fingerprint density at radius 3 is 2.09 bits per heavy atom. The largest absolute Gasteiger partial charge is 0.493 e. The molecule has 1 atom stereocenters. The summed E-state index contributed by atoms with van der Waals surface area (Å²) in [5.74, 6) is 1.19. The van der Waals surface area contributed by atoms with Crippen molar-refractivity contribution in [2.24, 2.45) is 5.41 Å². The zero-order valence-electron chi connectivity index (χ0n) is 21.1. The maximum atomic E-state index is 13.7. The number of ketones is 1. The number of hydrogen-bond donors (Lipinski definition) is 0. The van der Waals surface area contributed by atoms with E-state index in [0.717, 1.165) is 28.1 Å². The molecule has 1 amide bonds. The van der Waals surface area contributed by atoms with Gasteiger partial charge in [0.15, 0.2) is 17.3 Å². The Morgan fingerprint density at radius 1 is 0.882 bits per heavy atom. The van der Waals surface area contributed by atoms with E-state index in [2.05, 4.69) is 20.8 Å². The van der Waals surface area contributed by atoms with Crippen LogP contribution in [0.3, 0.4) is 0 Å². The van der Waals surface area contributed by atoms with Crippen LogP contribution < -0.4 is 19.1 Å². The van der Waals surface area contributed by atoms with Gasteiger partial charge in [-0.1, -0.05) is 19.9 Å². The lowest BCUT2D eigenvalue weighted by Crippen LogP contribution is -2.43. The van der Waals surface area contributed by atoms with Gasteiger partial charge in [-0.15, -0.1) is 0 Å². The maximum absolute atomic E-state index is 13.7. The second-order valence-electron chi connectivity index (χ2n) is 10.0. The molecule has 1 aliphatic heterocycles. The number of methoxy groups -OCH3 is 3. The van der Waals surface area contributed by atoms with Crippen LogP contribution in [0.2, 0.25) is 0 Å². The number of aryl methyl sites for hydroxylation is 2. The summed E-state index contributed by atoms with van der Waals surface area (Å²) in [5, 5.41) is 0. The highest BCUT2D eigenvalue weighted by Gasteiger charge is 2.44. The molecular formula is C28H33NO5. The Kier molecular flexibility index (Phi) is 6.19. The van der Waals surface area contributed by atoms with Crippen LogP contribution >= 0.6 is 0 Å². The number of carbonyl (C=O) groups excluding carboxylic acids is 2. The quantitative estimate of drug-likeness (QED) is 0.586. The van der Waals surface area contributed by atoms with Gasteiger partial charge in [-0.3, -0.25) is 14.5 Å². The number of nitrogens with zero attached hydrogens (tertiary/aromatic N) is 1. The van der Waals surface area contributed by atoms with Crippen molar-refractivity contribution in [1.29, 1.82) is 0 Å². The van der Waals surface area contributed by atoms with Crippen LogP contribution in [0.5, 0.6) is 17.2 Å². The fourth-order valence-electron chi connectivity index (χ4n) is 5.17. The number of rotatable bonds is 5. The normalized spacial score (nSPS) is 19.7. The molecule has 4 rings (SSSR count). The second kappa shape index (κ2) is 8.82. The van der Waals surface area contributed by atoms with E-state index < -0.39 is 0 Å². The third-order valence-electron chi connectivity index (χ3n) is 6.98. The zero-order valence-corrected chi connectivity index (χ0v) is 21.1. The van der Waals surface area contributed by atoms with E-state index in [1.807, 2.05) is 37.3 Å². The zero-order chi connectivity index (χ0) is 24.8. The maximum Gasteiger partial charge on any atom is 0.232 e. The SMILES string of the molecule is COc1cc(C2CC(=O)N(c3ccc(C)c(C)c3)C3=C2C(=O)CC(C)(C)C3)cc(OC)c1OC. The predicted octanol–water partition coefficient (Wildman–Crippen LogP) is 5.49. The van der Waals surface area contributed by atoms with Gasteiger partial charge in [0.2, 0.25) is 11.7 Å². The number of anilines is 1. The van der Waals surface area contributed by atoms with Gasteiger partial charge in [-0.05, 0) is 66.6 Å². The van der Waals surface area contributed by atoms with Gasteiger partial charge in [0, 0.05) is 35.7 Å². The average molecular weight is 464 g/mol. The van der Waals surface area contributed by atoms with Crippen molar-refractivity contribution < 1.29 is 23.8 Å². The fraction of sp³-hybridized carbons (Fsp3) is 0.429. The van der Waals surface area contributed by atoms with Crippen molar-refractivity contribution in [3.05, 3.63) is 58.3 Å². The first-order chi connectivity index (χ1) is 16.1. The Bertz CT molecular complexity index is 1170. The van der Waals surface area contributed by atoms with Crippen LogP contribution in [0.1, 0.15) is 55.7 Å². The molecule has 6 heteroatoms. The molecule has 1 aliphatic carbocycles. The van der Waals surface area contributed by atoms with Crippen LogP contribution in [0.15, 0.2) is 41.6 Å². The first-order valence-electron chi connectivity index (χ1n) is 11.6. The summed E-state index contributed by atoms with van der Waals surface area (Å²) in [5.41, 5.74) is 5.19. The molecule has 2 aromatic carbocycles. The van der Waals surface area contributed by atoms with E-state index in [1.165, 1.54) is 0 Å². The standard InChI is InChI=1S/C28H33NO5/c1-16-8-9-19(10-17(16)2)29-21-14-28(3,4)15-22(30)26(21)20(13-25(29)31)18-11-23(32-5)27(34-7)24(12-18)33-6/h8-12,20H,13-15H2,1-7H3. The molecule has 0 saturated carbocycles. The predicted molar refractivity (Wildman–Crippen MR) is 132 cm³/mol. The van der Waals surface area contributed by atoms with Gasteiger partial charge in [0.1, 0.15) is 0 Å². The third kappa shape index (κ3) is 4.06. The summed E-state index contributed by atoms with van der Waals surface area (Å²) in [7, 11) is 4.68. The van der Waals surface area contributed by atoms with Crippen molar-refractivity contribution in [3.8, 4) is 17.2 Å². The molecule has 0 radical (unpaired) electrons. The van der Waals surface area contributed by atoms with E-state index in [4.69, 9.17) is 14.2 Å². The Morgan fingerprint density at radius 2 is 1.53 bits per heavy atom. The van der Waals surface area contributed by atoms with E-state index in [0.29, 0.717) is 35.7 Å². The molecule has 0 fully saturated rings. The van der Waals surface area contributed by atoms with Crippen molar-refractivity contribution in [1.82, 2.24) is 0 Å². The van der Waals surface area contributed by atoms with Crippen LogP contribution in [-0.4, -0.2) is 33.0 Å². The molecule has 2 aliphatic rings. The minimum atomic E-state index is -0.373. The third-order valence-corrected chi connectivity index (χ3v) is 6.98. The number of carbonyl (C=O) groups is 2. The summed E-state index contributed by atoms with van der Waals surface area (Å²) in [6, 6.07) is 9.73. The highest BCUT2D eigenvalue weighted by atomic mass is 16.5. The van der Waals surface area contributed by atoms with Gasteiger partial charge >= 0.3 is 0 Å². The van der Waals surface area contributed by atoms with Gasteiger partial charge in [-0.2, -0.15) is 0 Å². The van der Waals surface area contributed by atoms with Crippen molar-refractivity contribution in [3.63, 3.8) is 0 Å². The molecule has 0 spiro atoms. The Balaban J connectivity index is 1.92. The molecule has 180 valence electrons. The molecule has 6 nitrogen and oxygen atoms in total. The molecule has 1 heterocycles. The van der Waals surface area contributed by atoms with Crippen molar-refractivity contribution >= 4 is 17.4 Å². The summed E-state index contributed by atoms with van der Waals surface area (Å²) in [4.78, 5) is 29.0. The molecule has 2 aromatic rings. The lowest BCUT2D eigenvalue weighted by molar-refractivity contribution is -0.121. The van der Waals surface area contributed by atoms with Crippen LogP contribution in [0.4, 0.5) is 5.69 Å². The topological polar surface area (TPSA) is 65.1 Å². The number of benzene rings is 2. The first-order valence-corrected chi connectivity index (χ1v) is 11.6. The first kappa shape index (κ1) is 23.9. The van der Waals surface area contributed by atoms with E-state index in [1.54, 1.807) is 26.2 Å². The lowest BCUT2D eigenvalue weighted by Gasteiger charge is -2.43. The summed E-state index contributed by atoms with van der Waals surface area (Å²) in [6.07, 6.45) is 1.28. The summed E-state index contributed by atoms with van der Waals surface area (Å²) in [6.45, 7) is 8.26. The van der Waals surface area contributed by atoms with Gasteiger partial charge in [0.25, 0.3) is 0 Å². The molecule has 0 aromatic heterocycles. The molecule has 1 unspecified atom stereocenters. The molecule has 34 heavy (non-hydrogen) atoms. The number of Topliss-reactive ketones (excluding diaryl/α,β-unsaturated/α-hetero) is 1. The van der Waals surface area contributed by atoms with Crippen LogP contribution in [-0.2, 0) is 9.59 Å². The molecule has 0 N–H and O–H groups in total. The fourth-order valence-corrected chi connectivity index (χ4v) is 5.17. The Hall–Kier alpha value is -3.28.